The van der Waals surface area contributed by atoms with E-state index >= 15 is 0 Å². The number of benzene rings is 2. The fourth-order valence-electron chi connectivity index (χ4n) is 2.75. The van der Waals surface area contributed by atoms with Gasteiger partial charge < -0.3 is 19.3 Å². The molecule has 0 unspecified atom stereocenters. The van der Waals surface area contributed by atoms with Crippen LogP contribution in [0.3, 0.4) is 0 Å². The summed E-state index contributed by atoms with van der Waals surface area (Å²) in [5.41, 5.74) is 6.75. The predicted octanol–water partition coefficient (Wildman–Crippen LogP) is 2.29. The average Bonchev–Trinajstić information content (AvgIpc) is 2.73. The van der Waals surface area contributed by atoms with Crippen molar-refractivity contribution in [3.05, 3.63) is 47.5 Å². The molecule has 0 aliphatic carbocycles. The molecule has 0 bridgehead atoms. The standard InChI is InChI=1S/C21H23N3O4/c1-3-16-5-4-6-18(11-16)23-24-15-22-14-17-12-20(27-8-7-25)21(13-19(17)24)28-10-9-26-2/h1,4-6,11-14,23,25H,7-10,15H2,2H3. The number of nitrogens with zero attached hydrogens (tertiary/aromatic N) is 2. The van der Waals surface area contributed by atoms with Crippen LogP contribution in [-0.4, -0.2) is 51.5 Å². The molecule has 1 aliphatic heterocycles. The Labute approximate surface area is 164 Å². The van der Waals surface area contributed by atoms with Crippen molar-refractivity contribution in [2.45, 2.75) is 0 Å². The molecule has 2 aromatic carbocycles. The normalized spacial score (nSPS) is 12.2. The minimum atomic E-state index is -0.0815. The average molecular weight is 381 g/mol. The zero-order valence-corrected chi connectivity index (χ0v) is 15.7. The molecule has 1 aliphatic rings. The predicted molar refractivity (Wildman–Crippen MR) is 109 cm³/mol. The van der Waals surface area contributed by atoms with Crippen LogP contribution >= 0.6 is 0 Å². The summed E-state index contributed by atoms with van der Waals surface area (Å²) in [5, 5.41) is 11.0. The second-order valence-corrected chi connectivity index (χ2v) is 5.99. The molecule has 0 saturated heterocycles. The fourth-order valence-corrected chi connectivity index (χ4v) is 2.75. The largest absolute Gasteiger partial charge is 0.487 e. The molecule has 7 nitrogen and oxygen atoms in total. The third-order valence-corrected chi connectivity index (χ3v) is 4.02. The first-order chi connectivity index (χ1) is 13.7. The summed E-state index contributed by atoms with van der Waals surface area (Å²) in [6, 6.07) is 11.3. The van der Waals surface area contributed by atoms with E-state index in [1.807, 2.05) is 41.4 Å². The second-order valence-electron chi connectivity index (χ2n) is 5.99. The molecule has 0 atom stereocenters. The third-order valence-electron chi connectivity index (χ3n) is 4.02. The van der Waals surface area contributed by atoms with E-state index in [1.54, 1.807) is 13.3 Å². The number of nitrogens with one attached hydrogen (secondary N) is 1. The number of hydrogen-bond donors (Lipinski definition) is 2. The summed E-state index contributed by atoms with van der Waals surface area (Å²) in [4.78, 5) is 4.40. The van der Waals surface area contributed by atoms with E-state index in [0.29, 0.717) is 31.4 Å². The first kappa shape index (κ1) is 19.5. The summed E-state index contributed by atoms with van der Waals surface area (Å²) in [6.07, 6.45) is 7.28. The Morgan fingerprint density at radius 3 is 2.79 bits per heavy atom. The molecule has 2 aromatic rings. The maximum absolute atomic E-state index is 9.08. The van der Waals surface area contributed by atoms with Gasteiger partial charge in [-0.2, -0.15) is 0 Å². The van der Waals surface area contributed by atoms with Crippen molar-refractivity contribution >= 4 is 17.6 Å². The van der Waals surface area contributed by atoms with Crippen LogP contribution < -0.4 is 19.9 Å². The number of terminal acetylenes is 1. The maximum Gasteiger partial charge on any atom is 0.163 e. The summed E-state index contributed by atoms with van der Waals surface area (Å²) < 4.78 is 16.5. The van der Waals surface area contributed by atoms with Crippen LogP contribution in [0.5, 0.6) is 11.5 Å². The highest BCUT2D eigenvalue weighted by molar-refractivity contribution is 5.92. The second kappa shape index (κ2) is 9.65. The van der Waals surface area contributed by atoms with Gasteiger partial charge in [0.05, 0.1) is 24.6 Å². The van der Waals surface area contributed by atoms with E-state index in [4.69, 9.17) is 25.7 Å². The van der Waals surface area contributed by atoms with Gasteiger partial charge in [-0.25, -0.2) is 0 Å². The minimum absolute atomic E-state index is 0.0815. The number of hydrogen-bond acceptors (Lipinski definition) is 7. The van der Waals surface area contributed by atoms with Gasteiger partial charge in [-0.05, 0) is 24.3 Å². The van der Waals surface area contributed by atoms with E-state index < -0.39 is 0 Å². The molecule has 0 radical (unpaired) electrons. The SMILES string of the molecule is C#Cc1cccc(NN2CN=Cc3cc(OCCO)c(OCCOC)cc32)c1. The van der Waals surface area contributed by atoms with Crippen molar-refractivity contribution in [1.82, 2.24) is 0 Å². The highest BCUT2D eigenvalue weighted by Gasteiger charge is 2.19. The lowest BCUT2D eigenvalue weighted by Gasteiger charge is -2.29. The maximum atomic E-state index is 9.08. The van der Waals surface area contributed by atoms with Crippen LogP contribution in [0.1, 0.15) is 11.1 Å². The molecule has 0 saturated carbocycles. The van der Waals surface area contributed by atoms with E-state index in [9.17, 15) is 0 Å². The monoisotopic (exact) mass is 381 g/mol. The highest BCUT2D eigenvalue weighted by Crippen LogP contribution is 2.36. The van der Waals surface area contributed by atoms with Gasteiger partial charge in [0, 0.05) is 30.5 Å². The molecule has 146 valence electrons. The van der Waals surface area contributed by atoms with Crippen molar-refractivity contribution in [1.29, 1.82) is 0 Å². The molecule has 0 amide bonds. The molecule has 0 spiro atoms. The quantitative estimate of drug-likeness (QED) is 0.513. The Bertz CT molecular complexity index is 876. The lowest BCUT2D eigenvalue weighted by Crippen LogP contribution is -2.33. The highest BCUT2D eigenvalue weighted by atomic mass is 16.5. The molecule has 3 rings (SSSR count). The van der Waals surface area contributed by atoms with E-state index in [-0.39, 0.29) is 13.2 Å². The molecular weight excluding hydrogens is 358 g/mol. The summed E-state index contributed by atoms with van der Waals surface area (Å²) in [5.74, 6) is 3.75. The number of ether oxygens (including phenoxy) is 3. The van der Waals surface area contributed by atoms with Crippen molar-refractivity contribution < 1.29 is 19.3 Å². The summed E-state index contributed by atoms with van der Waals surface area (Å²) in [6.45, 7) is 1.37. The van der Waals surface area contributed by atoms with Gasteiger partial charge >= 0.3 is 0 Å². The van der Waals surface area contributed by atoms with Crippen LogP contribution in [0.25, 0.3) is 0 Å². The van der Waals surface area contributed by atoms with Crippen molar-refractivity contribution in [2.75, 3.05) is 50.6 Å². The first-order valence-corrected chi connectivity index (χ1v) is 8.89. The van der Waals surface area contributed by atoms with Gasteiger partial charge in [-0.1, -0.05) is 12.0 Å². The fraction of sp³-hybridized carbons (Fsp3) is 0.286. The van der Waals surface area contributed by atoms with Crippen molar-refractivity contribution in [3.63, 3.8) is 0 Å². The molecule has 2 N–H and O–H groups in total. The Kier molecular flexibility index (Phi) is 6.73. The van der Waals surface area contributed by atoms with Gasteiger partial charge in [0.1, 0.15) is 19.9 Å². The lowest BCUT2D eigenvalue weighted by molar-refractivity contribution is 0.141. The van der Waals surface area contributed by atoms with Crippen LogP contribution in [0.15, 0.2) is 41.4 Å². The first-order valence-electron chi connectivity index (χ1n) is 8.89. The van der Waals surface area contributed by atoms with Crippen LogP contribution in [0.2, 0.25) is 0 Å². The Balaban J connectivity index is 1.88. The molecule has 28 heavy (non-hydrogen) atoms. The number of aliphatic hydroxyl groups is 1. The summed E-state index contributed by atoms with van der Waals surface area (Å²) >= 11 is 0. The Hall–Kier alpha value is -3.21. The smallest absolute Gasteiger partial charge is 0.163 e. The van der Waals surface area contributed by atoms with E-state index in [0.717, 1.165) is 22.5 Å². The topological polar surface area (TPSA) is 75.6 Å². The molecule has 0 aromatic heterocycles. The van der Waals surface area contributed by atoms with E-state index in [1.165, 1.54) is 0 Å². The van der Waals surface area contributed by atoms with Crippen molar-refractivity contribution in [3.8, 4) is 23.8 Å². The molecule has 1 heterocycles. The van der Waals surface area contributed by atoms with Gasteiger partial charge in [-0.15, -0.1) is 6.42 Å². The Morgan fingerprint density at radius 2 is 2.00 bits per heavy atom. The molecule has 7 heteroatoms. The number of aliphatic imine (C=N–C) groups is 1. The zero-order chi connectivity index (χ0) is 19.8. The lowest BCUT2D eigenvalue weighted by atomic mass is 10.1. The van der Waals surface area contributed by atoms with Crippen molar-refractivity contribution in [2.24, 2.45) is 4.99 Å². The summed E-state index contributed by atoms with van der Waals surface area (Å²) in [7, 11) is 1.62. The number of aliphatic hydroxyl groups excluding tert-OH is 1. The number of rotatable bonds is 9. The van der Waals surface area contributed by atoms with Crippen LogP contribution in [0.4, 0.5) is 11.4 Å². The van der Waals surface area contributed by atoms with Gasteiger partial charge in [-0.3, -0.25) is 15.4 Å². The third kappa shape index (κ3) is 4.74. The van der Waals surface area contributed by atoms with Gasteiger partial charge in [0.15, 0.2) is 11.5 Å². The molecule has 0 fully saturated rings. The van der Waals surface area contributed by atoms with Gasteiger partial charge in [0.2, 0.25) is 0 Å². The number of methoxy groups -OCH3 is 1. The molecular formula is C21H23N3O4. The van der Waals surface area contributed by atoms with E-state index in [2.05, 4.69) is 16.3 Å². The van der Waals surface area contributed by atoms with Gasteiger partial charge in [0.25, 0.3) is 0 Å². The Morgan fingerprint density at radius 1 is 1.18 bits per heavy atom. The zero-order valence-electron chi connectivity index (χ0n) is 15.7. The number of hydrazine groups is 1. The number of anilines is 2. The van der Waals surface area contributed by atoms with Crippen LogP contribution in [-0.2, 0) is 4.74 Å². The number of fused-ring (bicyclic) bond motifs is 1. The van der Waals surface area contributed by atoms with Crippen LogP contribution in [0, 0.1) is 12.3 Å². The minimum Gasteiger partial charge on any atom is -0.487 e.